The van der Waals surface area contributed by atoms with Gasteiger partial charge >= 0.3 is 0 Å². The highest BCUT2D eigenvalue weighted by Crippen LogP contribution is 2.24. The molecule has 1 unspecified atom stereocenters. The first-order valence-electron chi connectivity index (χ1n) is 7.32. The van der Waals surface area contributed by atoms with E-state index in [-0.39, 0.29) is 6.04 Å². The SMILES string of the molecule is Cc1ccc(C(CNc2cncc(Cl)n2)N2CCOCC2)o1. The van der Waals surface area contributed by atoms with E-state index in [1.165, 1.54) is 6.20 Å². The van der Waals surface area contributed by atoms with E-state index < -0.39 is 0 Å². The molecule has 1 saturated heterocycles. The molecule has 1 N–H and O–H groups in total. The molecule has 0 spiro atoms. The van der Waals surface area contributed by atoms with Gasteiger partial charge in [0.1, 0.15) is 22.5 Å². The highest BCUT2D eigenvalue weighted by Gasteiger charge is 2.25. The molecule has 0 amide bonds. The van der Waals surface area contributed by atoms with Gasteiger partial charge < -0.3 is 14.5 Å². The van der Waals surface area contributed by atoms with Crippen molar-refractivity contribution in [2.45, 2.75) is 13.0 Å². The number of hydrogen-bond donors (Lipinski definition) is 1. The molecule has 22 heavy (non-hydrogen) atoms. The summed E-state index contributed by atoms with van der Waals surface area (Å²) < 4.78 is 11.3. The number of rotatable bonds is 5. The quantitative estimate of drug-likeness (QED) is 0.912. The molecule has 118 valence electrons. The van der Waals surface area contributed by atoms with Gasteiger partial charge in [0.05, 0.1) is 31.6 Å². The van der Waals surface area contributed by atoms with Gasteiger partial charge in [0.25, 0.3) is 0 Å². The number of furan rings is 1. The summed E-state index contributed by atoms with van der Waals surface area (Å²) >= 11 is 5.87. The van der Waals surface area contributed by atoms with Crippen LogP contribution in [0.2, 0.25) is 5.15 Å². The average molecular weight is 323 g/mol. The molecule has 0 aromatic carbocycles. The molecule has 3 heterocycles. The zero-order chi connectivity index (χ0) is 15.4. The molecular weight excluding hydrogens is 304 g/mol. The van der Waals surface area contributed by atoms with Gasteiger partial charge in [-0.1, -0.05) is 11.6 Å². The second-order valence-electron chi connectivity index (χ2n) is 5.22. The lowest BCUT2D eigenvalue weighted by Gasteiger charge is -2.33. The van der Waals surface area contributed by atoms with Gasteiger partial charge in [-0.25, -0.2) is 4.98 Å². The zero-order valence-electron chi connectivity index (χ0n) is 12.5. The van der Waals surface area contributed by atoms with Crippen LogP contribution in [0.3, 0.4) is 0 Å². The summed E-state index contributed by atoms with van der Waals surface area (Å²) in [4.78, 5) is 10.6. The highest BCUT2D eigenvalue weighted by atomic mass is 35.5. The van der Waals surface area contributed by atoms with Gasteiger partial charge in [-0.2, -0.15) is 0 Å². The Morgan fingerprint density at radius 2 is 2.14 bits per heavy atom. The van der Waals surface area contributed by atoms with E-state index in [0.29, 0.717) is 17.5 Å². The van der Waals surface area contributed by atoms with Gasteiger partial charge in [-0.15, -0.1) is 0 Å². The summed E-state index contributed by atoms with van der Waals surface area (Å²) in [5.41, 5.74) is 0. The third-order valence-corrected chi connectivity index (χ3v) is 3.84. The molecule has 0 aliphatic carbocycles. The van der Waals surface area contributed by atoms with E-state index in [9.17, 15) is 0 Å². The van der Waals surface area contributed by atoms with E-state index >= 15 is 0 Å². The lowest BCUT2D eigenvalue weighted by Crippen LogP contribution is -2.41. The Labute approximate surface area is 134 Å². The first-order chi connectivity index (χ1) is 10.7. The standard InChI is InChI=1S/C15H19ClN4O2/c1-11-2-3-13(22-11)12(20-4-6-21-7-5-20)8-18-15-10-17-9-14(16)19-15/h2-3,9-10,12H,4-8H2,1H3,(H,18,19). The van der Waals surface area contributed by atoms with Crippen molar-refractivity contribution in [3.05, 3.63) is 41.2 Å². The minimum Gasteiger partial charge on any atom is -0.465 e. The van der Waals surface area contributed by atoms with Crippen LogP contribution in [-0.4, -0.2) is 47.7 Å². The summed E-state index contributed by atoms with van der Waals surface area (Å²) in [5, 5.41) is 3.67. The lowest BCUT2D eigenvalue weighted by molar-refractivity contribution is 0.0143. The monoisotopic (exact) mass is 322 g/mol. The molecule has 7 heteroatoms. The normalized spacial score (nSPS) is 17.4. The molecule has 1 atom stereocenters. The van der Waals surface area contributed by atoms with Crippen LogP contribution in [-0.2, 0) is 4.74 Å². The molecule has 0 bridgehead atoms. The minimum atomic E-state index is 0.124. The second-order valence-corrected chi connectivity index (χ2v) is 5.61. The van der Waals surface area contributed by atoms with Crippen LogP contribution < -0.4 is 5.32 Å². The number of aryl methyl sites for hydroxylation is 1. The first-order valence-corrected chi connectivity index (χ1v) is 7.70. The van der Waals surface area contributed by atoms with Crippen molar-refractivity contribution in [2.24, 2.45) is 0 Å². The van der Waals surface area contributed by atoms with Crippen molar-refractivity contribution in [1.82, 2.24) is 14.9 Å². The molecule has 0 radical (unpaired) electrons. The maximum atomic E-state index is 5.87. The Kier molecular flexibility index (Phi) is 4.92. The maximum absolute atomic E-state index is 5.87. The number of hydrogen-bond acceptors (Lipinski definition) is 6. The van der Waals surface area contributed by atoms with Crippen LogP contribution in [0, 0.1) is 6.92 Å². The number of nitrogens with zero attached hydrogens (tertiary/aromatic N) is 3. The first kappa shape index (κ1) is 15.3. The van der Waals surface area contributed by atoms with E-state index in [0.717, 1.165) is 37.8 Å². The fourth-order valence-electron chi connectivity index (χ4n) is 2.56. The Morgan fingerprint density at radius 1 is 1.32 bits per heavy atom. The second kappa shape index (κ2) is 7.09. The molecule has 6 nitrogen and oxygen atoms in total. The zero-order valence-corrected chi connectivity index (χ0v) is 13.2. The van der Waals surface area contributed by atoms with Crippen molar-refractivity contribution in [3.63, 3.8) is 0 Å². The molecular formula is C15H19ClN4O2. The van der Waals surface area contributed by atoms with Crippen molar-refractivity contribution in [2.75, 3.05) is 38.2 Å². The van der Waals surface area contributed by atoms with Gasteiger partial charge in [-0.3, -0.25) is 9.88 Å². The predicted molar refractivity (Wildman–Crippen MR) is 84.1 cm³/mol. The van der Waals surface area contributed by atoms with Crippen LogP contribution in [0.5, 0.6) is 0 Å². The van der Waals surface area contributed by atoms with E-state index in [1.807, 2.05) is 19.1 Å². The van der Waals surface area contributed by atoms with Crippen LogP contribution >= 0.6 is 11.6 Å². The van der Waals surface area contributed by atoms with Crippen molar-refractivity contribution in [3.8, 4) is 0 Å². The van der Waals surface area contributed by atoms with Crippen molar-refractivity contribution >= 4 is 17.4 Å². The summed E-state index contributed by atoms with van der Waals surface area (Å²) in [7, 11) is 0. The molecule has 1 aliphatic heterocycles. The predicted octanol–water partition coefficient (Wildman–Crippen LogP) is 2.52. The largest absolute Gasteiger partial charge is 0.465 e. The van der Waals surface area contributed by atoms with E-state index in [4.69, 9.17) is 20.8 Å². The smallest absolute Gasteiger partial charge is 0.149 e. The number of nitrogens with one attached hydrogen (secondary N) is 1. The van der Waals surface area contributed by atoms with Crippen LogP contribution in [0.15, 0.2) is 28.9 Å². The van der Waals surface area contributed by atoms with Crippen LogP contribution in [0.25, 0.3) is 0 Å². The summed E-state index contributed by atoms with van der Waals surface area (Å²) in [6.07, 6.45) is 3.18. The topological polar surface area (TPSA) is 63.4 Å². The fraction of sp³-hybridized carbons (Fsp3) is 0.467. The number of ether oxygens (including phenoxy) is 1. The summed E-state index contributed by atoms with van der Waals surface area (Å²) in [5.74, 6) is 2.52. The summed E-state index contributed by atoms with van der Waals surface area (Å²) in [6, 6.07) is 4.14. The van der Waals surface area contributed by atoms with Gasteiger partial charge in [0.2, 0.25) is 0 Å². The molecule has 1 aliphatic rings. The molecule has 1 fully saturated rings. The third kappa shape index (κ3) is 3.76. The number of anilines is 1. The molecule has 2 aromatic heterocycles. The Morgan fingerprint density at radius 3 is 2.82 bits per heavy atom. The van der Waals surface area contributed by atoms with Crippen LogP contribution in [0.4, 0.5) is 5.82 Å². The van der Waals surface area contributed by atoms with Gasteiger partial charge in [0.15, 0.2) is 0 Å². The fourth-order valence-corrected chi connectivity index (χ4v) is 2.71. The van der Waals surface area contributed by atoms with E-state index in [1.54, 1.807) is 6.20 Å². The maximum Gasteiger partial charge on any atom is 0.149 e. The molecule has 3 rings (SSSR count). The van der Waals surface area contributed by atoms with Crippen LogP contribution in [0.1, 0.15) is 17.6 Å². The minimum absolute atomic E-state index is 0.124. The van der Waals surface area contributed by atoms with Crippen molar-refractivity contribution in [1.29, 1.82) is 0 Å². The number of halogens is 1. The van der Waals surface area contributed by atoms with Gasteiger partial charge in [-0.05, 0) is 19.1 Å². The molecule has 0 saturated carbocycles. The number of aromatic nitrogens is 2. The average Bonchev–Trinajstić information content (AvgIpc) is 2.95. The van der Waals surface area contributed by atoms with Gasteiger partial charge in [0, 0.05) is 19.6 Å². The summed E-state index contributed by atoms with van der Waals surface area (Å²) in [6.45, 7) is 5.87. The highest BCUT2D eigenvalue weighted by molar-refractivity contribution is 6.29. The Bertz CT molecular complexity index is 613. The lowest BCUT2D eigenvalue weighted by atomic mass is 10.1. The number of morpholine rings is 1. The Hall–Kier alpha value is -1.63. The molecule has 2 aromatic rings. The van der Waals surface area contributed by atoms with E-state index in [2.05, 4.69) is 20.2 Å². The third-order valence-electron chi connectivity index (χ3n) is 3.66. The Balaban J connectivity index is 1.73. The van der Waals surface area contributed by atoms with Crippen molar-refractivity contribution < 1.29 is 9.15 Å².